The van der Waals surface area contributed by atoms with E-state index in [4.69, 9.17) is 15.3 Å². The monoisotopic (exact) mass is 285 g/mol. The van der Waals surface area contributed by atoms with Crippen molar-refractivity contribution < 1.29 is 19.9 Å². The highest BCUT2D eigenvalue weighted by atomic mass is 16.3. The van der Waals surface area contributed by atoms with Crippen LogP contribution in [0.4, 0.5) is 0 Å². The molecule has 5 nitrogen and oxygen atoms in total. The van der Waals surface area contributed by atoms with Crippen LogP contribution in [0.5, 0.6) is 0 Å². The zero-order valence-corrected chi connectivity index (χ0v) is 12.4. The Morgan fingerprint density at radius 1 is 0.850 bits per heavy atom. The summed E-state index contributed by atoms with van der Waals surface area (Å²) in [7, 11) is 0. The summed E-state index contributed by atoms with van der Waals surface area (Å²) < 4.78 is 4.51. The Bertz CT molecular complexity index is 325. The molecular weight excluding hydrogens is 256 g/mol. The van der Waals surface area contributed by atoms with Crippen LogP contribution in [0.3, 0.4) is 0 Å². The van der Waals surface area contributed by atoms with Crippen LogP contribution in [-0.4, -0.2) is 39.7 Å². The van der Waals surface area contributed by atoms with Crippen LogP contribution in [0.25, 0.3) is 0 Å². The minimum atomic E-state index is 0.246. The molecule has 0 aliphatic rings. The topological polar surface area (TPSA) is 69.5 Å². The van der Waals surface area contributed by atoms with Gasteiger partial charge in [-0.15, -0.1) is 0 Å². The van der Waals surface area contributed by atoms with Gasteiger partial charge < -0.3 is 15.3 Å². The SMILES string of the molecule is OCCCCc1n(CCCCO)cc[n+]1CCCCO. The molecule has 0 aliphatic carbocycles. The third-order valence-corrected chi connectivity index (χ3v) is 3.51. The fraction of sp³-hybridized carbons (Fsp3) is 0.800. The molecule has 1 heterocycles. The summed E-state index contributed by atoms with van der Waals surface area (Å²) >= 11 is 0. The van der Waals surface area contributed by atoms with Crippen LogP contribution in [0.2, 0.25) is 0 Å². The average molecular weight is 285 g/mol. The lowest BCUT2D eigenvalue weighted by atomic mass is 10.2. The van der Waals surface area contributed by atoms with Crippen molar-refractivity contribution in [3.05, 3.63) is 18.2 Å². The second-order valence-corrected chi connectivity index (χ2v) is 5.14. The first kappa shape index (κ1) is 17.1. The van der Waals surface area contributed by atoms with Gasteiger partial charge in [0.05, 0.1) is 13.1 Å². The van der Waals surface area contributed by atoms with Crippen molar-refractivity contribution in [1.82, 2.24) is 4.57 Å². The Kier molecular flexibility index (Phi) is 9.28. The number of imidazole rings is 1. The lowest BCUT2D eigenvalue weighted by Crippen LogP contribution is -2.37. The lowest BCUT2D eigenvalue weighted by Gasteiger charge is -2.05. The van der Waals surface area contributed by atoms with E-state index in [1.54, 1.807) is 0 Å². The molecule has 116 valence electrons. The van der Waals surface area contributed by atoms with Gasteiger partial charge in [0, 0.05) is 26.2 Å². The molecule has 0 atom stereocenters. The van der Waals surface area contributed by atoms with Gasteiger partial charge in [-0.05, 0) is 38.5 Å². The number of aliphatic hydroxyl groups excluding tert-OH is 3. The van der Waals surface area contributed by atoms with Gasteiger partial charge in [-0.3, -0.25) is 0 Å². The Morgan fingerprint density at radius 2 is 1.50 bits per heavy atom. The molecular formula is C15H29N2O3+. The van der Waals surface area contributed by atoms with Gasteiger partial charge in [0.2, 0.25) is 0 Å². The summed E-state index contributed by atoms with van der Waals surface area (Å²) in [6.07, 6.45) is 10.6. The van der Waals surface area contributed by atoms with E-state index in [2.05, 4.69) is 21.5 Å². The quantitative estimate of drug-likeness (QED) is 0.390. The molecule has 0 fully saturated rings. The predicted molar refractivity (Wildman–Crippen MR) is 77.3 cm³/mol. The molecule has 1 rings (SSSR count). The molecule has 5 heteroatoms. The molecule has 0 aromatic carbocycles. The summed E-state index contributed by atoms with van der Waals surface area (Å²) in [5, 5.41) is 26.6. The van der Waals surface area contributed by atoms with Gasteiger partial charge in [-0.2, -0.15) is 0 Å². The maximum Gasteiger partial charge on any atom is 0.256 e. The van der Waals surface area contributed by atoms with Crippen LogP contribution >= 0.6 is 0 Å². The highest BCUT2D eigenvalue weighted by Gasteiger charge is 2.16. The molecule has 1 aromatic rings. The smallest absolute Gasteiger partial charge is 0.256 e. The normalized spacial score (nSPS) is 11.2. The van der Waals surface area contributed by atoms with Crippen molar-refractivity contribution in [2.24, 2.45) is 0 Å². The molecule has 0 bridgehead atoms. The van der Waals surface area contributed by atoms with Crippen molar-refractivity contribution in [2.45, 2.75) is 58.0 Å². The Morgan fingerprint density at radius 3 is 2.20 bits per heavy atom. The number of rotatable bonds is 12. The average Bonchev–Trinajstić information content (AvgIpc) is 2.83. The van der Waals surface area contributed by atoms with Crippen molar-refractivity contribution in [3.63, 3.8) is 0 Å². The standard InChI is InChI=1S/C15H29N2O3/c18-12-4-1-7-15-16(8-2-5-13-19)10-11-17(15)9-3-6-14-20/h10-11,18-20H,1-9,12-14H2/q+1. The lowest BCUT2D eigenvalue weighted by molar-refractivity contribution is -0.704. The fourth-order valence-electron chi connectivity index (χ4n) is 2.38. The maximum atomic E-state index is 8.91. The van der Waals surface area contributed by atoms with Crippen molar-refractivity contribution >= 4 is 0 Å². The molecule has 0 amide bonds. The number of aryl methyl sites for hydroxylation is 2. The molecule has 3 N–H and O–H groups in total. The summed E-state index contributed by atoms with van der Waals surface area (Å²) in [6, 6.07) is 0. The van der Waals surface area contributed by atoms with Crippen LogP contribution in [0, 0.1) is 0 Å². The number of hydrogen-bond acceptors (Lipinski definition) is 3. The zero-order valence-electron chi connectivity index (χ0n) is 12.4. The summed E-state index contributed by atoms with van der Waals surface area (Å²) in [5.74, 6) is 1.29. The van der Waals surface area contributed by atoms with Crippen LogP contribution in [0.1, 0.15) is 44.3 Å². The van der Waals surface area contributed by atoms with E-state index in [-0.39, 0.29) is 19.8 Å². The van der Waals surface area contributed by atoms with Gasteiger partial charge in [0.25, 0.3) is 5.82 Å². The van der Waals surface area contributed by atoms with Crippen LogP contribution < -0.4 is 4.57 Å². The van der Waals surface area contributed by atoms with Gasteiger partial charge >= 0.3 is 0 Å². The van der Waals surface area contributed by atoms with E-state index < -0.39 is 0 Å². The molecule has 0 spiro atoms. The summed E-state index contributed by atoms with van der Waals surface area (Å²) in [6.45, 7) is 2.61. The highest BCUT2D eigenvalue weighted by Crippen LogP contribution is 2.05. The molecule has 1 aromatic heterocycles. The van der Waals surface area contributed by atoms with E-state index in [1.807, 2.05) is 0 Å². The van der Waals surface area contributed by atoms with Gasteiger partial charge in [0.15, 0.2) is 0 Å². The molecule has 0 saturated heterocycles. The first-order valence-corrected chi connectivity index (χ1v) is 7.73. The number of aliphatic hydroxyl groups is 3. The van der Waals surface area contributed by atoms with E-state index in [0.29, 0.717) is 0 Å². The van der Waals surface area contributed by atoms with E-state index in [1.165, 1.54) is 5.82 Å². The van der Waals surface area contributed by atoms with E-state index >= 15 is 0 Å². The van der Waals surface area contributed by atoms with Crippen molar-refractivity contribution in [2.75, 3.05) is 19.8 Å². The number of hydrogen-bond donors (Lipinski definition) is 3. The molecule has 0 saturated carbocycles. The second kappa shape index (κ2) is 10.8. The minimum absolute atomic E-state index is 0.246. The number of unbranched alkanes of at least 4 members (excludes halogenated alkanes) is 3. The zero-order chi connectivity index (χ0) is 14.6. The van der Waals surface area contributed by atoms with Gasteiger partial charge in [0.1, 0.15) is 12.4 Å². The third kappa shape index (κ3) is 6.03. The van der Waals surface area contributed by atoms with E-state index in [0.717, 1.165) is 58.0 Å². The first-order valence-electron chi connectivity index (χ1n) is 7.73. The van der Waals surface area contributed by atoms with E-state index in [9.17, 15) is 0 Å². The highest BCUT2D eigenvalue weighted by molar-refractivity contribution is 4.84. The number of aromatic nitrogens is 2. The first-order chi connectivity index (χ1) is 9.83. The molecule has 0 aliphatic heterocycles. The van der Waals surface area contributed by atoms with Crippen LogP contribution in [0.15, 0.2) is 12.4 Å². The van der Waals surface area contributed by atoms with Crippen molar-refractivity contribution in [3.8, 4) is 0 Å². The van der Waals surface area contributed by atoms with Crippen LogP contribution in [-0.2, 0) is 19.5 Å². The fourth-order valence-corrected chi connectivity index (χ4v) is 2.38. The van der Waals surface area contributed by atoms with Crippen molar-refractivity contribution in [1.29, 1.82) is 0 Å². The van der Waals surface area contributed by atoms with Gasteiger partial charge in [-0.25, -0.2) is 9.13 Å². The summed E-state index contributed by atoms with van der Waals surface area (Å²) in [4.78, 5) is 0. The minimum Gasteiger partial charge on any atom is -0.396 e. The largest absolute Gasteiger partial charge is 0.396 e. The second-order valence-electron chi connectivity index (χ2n) is 5.14. The molecule has 20 heavy (non-hydrogen) atoms. The molecule has 0 radical (unpaired) electrons. The summed E-state index contributed by atoms with van der Waals surface area (Å²) in [5.41, 5.74) is 0. The Balaban J connectivity index is 2.60. The Hall–Kier alpha value is -0.910. The maximum absolute atomic E-state index is 8.91. The molecule has 0 unspecified atom stereocenters. The predicted octanol–water partition coefficient (Wildman–Crippen LogP) is 0.636. The third-order valence-electron chi connectivity index (χ3n) is 3.51. The Labute approximate surface area is 121 Å². The van der Waals surface area contributed by atoms with Gasteiger partial charge in [-0.1, -0.05) is 0 Å². The number of nitrogens with zero attached hydrogens (tertiary/aromatic N) is 2.